The van der Waals surface area contributed by atoms with Crippen LogP contribution in [0.4, 0.5) is 5.69 Å². The fraction of sp³-hybridized carbons (Fsp3) is 0.316. The molecule has 0 saturated heterocycles. The quantitative estimate of drug-likeness (QED) is 0.775. The summed E-state index contributed by atoms with van der Waals surface area (Å²) in [6, 6.07) is 13.6. The van der Waals surface area contributed by atoms with Crippen molar-refractivity contribution >= 4 is 34.8 Å². The number of nitrogens with one attached hydrogen (secondary N) is 2. The molecule has 0 aromatic heterocycles. The van der Waals surface area contributed by atoms with Crippen molar-refractivity contribution in [1.29, 1.82) is 0 Å². The number of amides is 1. The predicted octanol–water partition coefficient (Wildman–Crippen LogP) is 3.19. The third kappa shape index (κ3) is 5.11. The molecule has 25 heavy (non-hydrogen) atoms. The number of carbonyl (C=O) groups excluding carboxylic acids is 1. The summed E-state index contributed by atoms with van der Waals surface area (Å²) < 4.78 is 5.19. The molecule has 0 bridgehead atoms. The maximum Gasteiger partial charge on any atom is 0.279 e. The highest BCUT2D eigenvalue weighted by atomic mass is 35.5. The van der Waals surface area contributed by atoms with E-state index in [-0.39, 0.29) is 5.91 Å². The molecule has 1 atom stereocenters. The zero-order valence-corrected chi connectivity index (χ0v) is 15.5. The second-order valence-corrected chi connectivity index (χ2v) is 7.15. The summed E-state index contributed by atoms with van der Waals surface area (Å²) in [6.45, 7) is 1.23. The number of benzene rings is 2. The summed E-state index contributed by atoms with van der Waals surface area (Å²) in [4.78, 5) is 13.7. The van der Waals surface area contributed by atoms with Gasteiger partial charge in [-0.2, -0.15) is 0 Å². The first-order valence-electron chi connectivity index (χ1n) is 8.27. The van der Waals surface area contributed by atoms with E-state index in [1.54, 1.807) is 25.3 Å². The molecule has 2 aromatic carbocycles. The molecule has 0 heterocycles. The van der Waals surface area contributed by atoms with E-state index in [4.69, 9.17) is 27.9 Å². The number of carbonyl (C=O) groups is 1. The highest BCUT2D eigenvalue weighted by Crippen LogP contribution is 2.25. The van der Waals surface area contributed by atoms with Gasteiger partial charge in [-0.15, -0.1) is 0 Å². The van der Waals surface area contributed by atoms with Crippen LogP contribution in [0.1, 0.15) is 18.4 Å². The Kier molecular flexibility index (Phi) is 5.84. The van der Waals surface area contributed by atoms with Gasteiger partial charge in [-0.05, 0) is 42.5 Å². The minimum absolute atomic E-state index is 0.0420. The number of anilines is 1. The summed E-state index contributed by atoms with van der Waals surface area (Å²) in [7, 11) is 1.66. The molecule has 1 aliphatic rings. The highest BCUT2D eigenvalue weighted by molar-refractivity contribution is 6.36. The average Bonchev–Trinajstić information content (AvgIpc) is 3.42. The summed E-state index contributed by atoms with van der Waals surface area (Å²) in [6.07, 6.45) is 2.33. The van der Waals surface area contributed by atoms with Gasteiger partial charge >= 0.3 is 0 Å². The summed E-state index contributed by atoms with van der Waals surface area (Å²) in [5.74, 6) is 0.798. The lowest BCUT2D eigenvalue weighted by Gasteiger charge is -2.19. The van der Waals surface area contributed by atoms with Crippen LogP contribution in [0.15, 0.2) is 42.5 Å². The number of halogens is 2. The number of hydrogen-bond donors (Lipinski definition) is 2. The van der Waals surface area contributed by atoms with E-state index in [9.17, 15) is 4.79 Å². The molecule has 1 saturated carbocycles. The molecule has 0 aliphatic heterocycles. The van der Waals surface area contributed by atoms with Gasteiger partial charge in [-0.25, -0.2) is 0 Å². The normalized spacial score (nSPS) is 14.8. The van der Waals surface area contributed by atoms with Gasteiger partial charge in [0.15, 0.2) is 6.54 Å². The van der Waals surface area contributed by atoms with E-state index in [0.29, 0.717) is 28.3 Å². The van der Waals surface area contributed by atoms with Crippen molar-refractivity contribution < 1.29 is 14.4 Å². The van der Waals surface area contributed by atoms with Crippen molar-refractivity contribution in [3.05, 3.63) is 58.1 Å². The van der Waals surface area contributed by atoms with Crippen LogP contribution in [0.5, 0.6) is 5.75 Å². The van der Waals surface area contributed by atoms with E-state index in [1.165, 1.54) is 23.3 Å². The lowest BCUT2D eigenvalue weighted by Crippen LogP contribution is -3.13. The number of quaternary nitrogens is 1. The first kappa shape index (κ1) is 18.1. The van der Waals surface area contributed by atoms with Crippen LogP contribution in [-0.4, -0.2) is 25.6 Å². The second-order valence-electron chi connectivity index (χ2n) is 6.31. The molecular weight excluding hydrogens is 359 g/mol. The molecule has 3 rings (SSSR count). The van der Waals surface area contributed by atoms with Crippen molar-refractivity contribution in [2.45, 2.75) is 25.4 Å². The van der Waals surface area contributed by atoms with E-state index in [2.05, 4.69) is 17.4 Å². The fourth-order valence-electron chi connectivity index (χ4n) is 2.84. The zero-order chi connectivity index (χ0) is 17.8. The zero-order valence-electron chi connectivity index (χ0n) is 14.0. The summed E-state index contributed by atoms with van der Waals surface area (Å²) in [5.41, 5.74) is 1.79. The lowest BCUT2D eigenvalue weighted by atomic mass is 10.2. The van der Waals surface area contributed by atoms with Gasteiger partial charge in [0.2, 0.25) is 0 Å². The molecular formula is C19H21Cl2N2O2+. The fourth-order valence-corrected chi connectivity index (χ4v) is 3.30. The number of ether oxygens (including phenoxy) is 1. The number of methoxy groups -OCH3 is 1. The van der Waals surface area contributed by atoms with Crippen LogP contribution in [0.3, 0.4) is 0 Å². The molecule has 4 nitrogen and oxygen atoms in total. The molecule has 6 heteroatoms. The van der Waals surface area contributed by atoms with E-state index in [1.807, 2.05) is 12.1 Å². The SMILES string of the molecule is COc1ccc(C[NH+](CC(=O)Nc2ccc(Cl)cc2Cl)C2CC2)cc1. The second kappa shape index (κ2) is 8.09. The molecule has 1 aliphatic carbocycles. The largest absolute Gasteiger partial charge is 0.497 e. The Morgan fingerprint density at radius 3 is 2.52 bits per heavy atom. The third-order valence-electron chi connectivity index (χ3n) is 4.34. The van der Waals surface area contributed by atoms with E-state index in [0.717, 1.165) is 12.3 Å². The van der Waals surface area contributed by atoms with Crippen LogP contribution in [-0.2, 0) is 11.3 Å². The van der Waals surface area contributed by atoms with Gasteiger partial charge in [0.05, 0.1) is 23.9 Å². The Morgan fingerprint density at radius 1 is 1.20 bits per heavy atom. The minimum Gasteiger partial charge on any atom is -0.497 e. The topological polar surface area (TPSA) is 42.8 Å². The maximum atomic E-state index is 12.4. The van der Waals surface area contributed by atoms with Crippen molar-refractivity contribution in [3.63, 3.8) is 0 Å². The van der Waals surface area contributed by atoms with Gasteiger partial charge < -0.3 is 15.0 Å². The van der Waals surface area contributed by atoms with Crippen molar-refractivity contribution in [2.75, 3.05) is 19.0 Å². The summed E-state index contributed by atoms with van der Waals surface area (Å²) in [5, 5.41) is 3.88. The van der Waals surface area contributed by atoms with Crippen molar-refractivity contribution in [3.8, 4) is 5.75 Å². The van der Waals surface area contributed by atoms with Crippen LogP contribution in [0.2, 0.25) is 10.0 Å². The third-order valence-corrected chi connectivity index (χ3v) is 4.89. The average molecular weight is 380 g/mol. The van der Waals surface area contributed by atoms with Gasteiger partial charge in [0.25, 0.3) is 5.91 Å². The molecule has 2 N–H and O–H groups in total. The van der Waals surface area contributed by atoms with Crippen LogP contribution >= 0.6 is 23.2 Å². The Balaban J connectivity index is 1.62. The molecule has 1 amide bonds. The molecule has 0 spiro atoms. The molecule has 0 radical (unpaired) electrons. The maximum absolute atomic E-state index is 12.4. The first-order valence-corrected chi connectivity index (χ1v) is 9.03. The van der Waals surface area contributed by atoms with Gasteiger partial charge in [0.1, 0.15) is 12.3 Å². The van der Waals surface area contributed by atoms with Crippen LogP contribution in [0, 0.1) is 0 Å². The first-order chi connectivity index (χ1) is 12.0. The Bertz CT molecular complexity index is 746. The highest BCUT2D eigenvalue weighted by Gasteiger charge is 2.34. The van der Waals surface area contributed by atoms with Gasteiger partial charge in [-0.1, -0.05) is 23.2 Å². The Morgan fingerprint density at radius 2 is 1.92 bits per heavy atom. The van der Waals surface area contributed by atoms with Crippen molar-refractivity contribution in [2.24, 2.45) is 0 Å². The van der Waals surface area contributed by atoms with Crippen molar-refractivity contribution in [1.82, 2.24) is 0 Å². The molecule has 132 valence electrons. The molecule has 2 aromatic rings. The van der Waals surface area contributed by atoms with Crippen LogP contribution < -0.4 is 15.0 Å². The minimum atomic E-state index is -0.0420. The van der Waals surface area contributed by atoms with E-state index < -0.39 is 0 Å². The van der Waals surface area contributed by atoms with Crippen LogP contribution in [0.25, 0.3) is 0 Å². The lowest BCUT2D eigenvalue weighted by molar-refractivity contribution is -0.916. The number of hydrogen-bond acceptors (Lipinski definition) is 2. The Labute approximate surface area is 157 Å². The predicted molar refractivity (Wildman–Crippen MR) is 101 cm³/mol. The molecule has 1 fully saturated rings. The Hall–Kier alpha value is -1.75. The summed E-state index contributed by atoms with van der Waals surface area (Å²) >= 11 is 12.0. The van der Waals surface area contributed by atoms with Gasteiger partial charge in [-0.3, -0.25) is 4.79 Å². The van der Waals surface area contributed by atoms with Gasteiger partial charge in [0, 0.05) is 23.4 Å². The smallest absolute Gasteiger partial charge is 0.279 e. The molecule has 1 unspecified atom stereocenters. The monoisotopic (exact) mass is 379 g/mol. The number of rotatable bonds is 7. The van der Waals surface area contributed by atoms with E-state index >= 15 is 0 Å². The standard InChI is InChI=1S/C19H20Cl2N2O2/c1-25-16-7-2-13(3-8-16)11-23(15-5-6-15)12-19(24)22-18-9-4-14(20)10-17(18)21/h2-4,7-10,15H,5-6,11-12H2,1H3,(H,22,24)/p+1.